The van der Waals surface area contributed by atoms with E-state index in [2.05, 4.69) is 15.7 Å². The van der Waals surface area contributed by atoms with Crippen molar-refractivity contribution in [3.63, 3.8) is 0 Å². The summed E-state index contributed by atoms with van der Waals surface area (Å²) in [6, 6.07) is 3.87. The fourth-order valence-corrected chi connectivity index (χ4v) is 2.94. The second-order valence-electron chi connectivity index (χ2n) is 6.00. The fourth-order valence-electron chi connectivity index (χ4n) is 2.94. The molecule has 2 amide bonds. The Hall–Kier alpha value is -2.98. The first kappa shape index (κ1) is 18.8. The van der Waals surface area contributed by atoms with Crippen LogP contribution in [0.5, 0.6) is 0 Å². The molecule has 3 rings (SSSR count). The Morgan fingerprint density at radius 1 is 1.33 bits per heavy atom. The molecule has 0 aliphatic carbocycles. The largest absolute Gasteiger partial charge is 0.433 e. The van der Waals surface area contributed by atoms with Gasteiger partial charge >= 0.3 is 6.18 Å². The maximum Gasteiger partial charge on any atom is 0.433 e. The fraction of sp³-hybridized carbons (Fsp3) is 0.312. The highest BCUT2D eigenvalue weighted by Gasteiger charge is 2.44. The molecule has 6 nitrogen and oxygen atoms in total. The first-order valence-electron chi connectivity index (χ1n) is 7.73. The first-order chi connectivity index (χ1) is 12.6. The van der Waals surface area contributed by atoms with Crippen LogP contribution in [-0.4, -0.2) is 28.1 Å². The average Bonchev–Trinajstić information content (AvgIpc) is 3.14. The average molecular weight is 388 g/mol. The van der Waals surface area contributed by atoms with Crippen molar-refractivity contribution in [3.05, 3.63) is 47.3 Å². The van der Waals surface area contributed by atoms with Gasteiger partial charge in [0.15, 0.2) is 11.6 Å². The number of hydrogen-bond donors (Lipinski definition) is 2. The molecule has 11 heteroatoms. The maximum atomic E-state index is 13.7. The van der Waals surface area contributed by atoms with Crippen LogP contribution in [0.3, 0.4) is 0 Å². The van der Waals surface area contributed by atoms with Crippen molar-refractivity contribution in [2.75, 3.05) is 11.9 Å². The minimum atomic E-state index is -4.65. The van der Waals surface area contributed by atoms with Gasteiger partial charge in [-0.15, -0.1) is 0 Å². The molecule has 1 aliphatic heterocycles. The number of anilines is 1. The zero-order valence-electron chi connectivity index (χ0n) is 13.8. The summed E-state index contributed by atoms with van der Waals surface area (Å²) in [6.07, 6.45) is -4.65. The Morgan fingerprint density at radius 3 is 2.67 bits per heavy atom. The van der Waals surface area contributed by atoms with Gasteiger partial charge in [0.25, 0.3) is 0 Å². The van der Waals surface area contributed by atoms with Crippen molar-refractivity contribution < 1.29 is 31.5 Å². The molecule has 1 fully saturated rings. The molecule has 1 aromatic carbocycles. The smallest absolute Gasteiger partial charge is 0.355 e. The van der Waals surface area contributed by atoms with E-state index in [1.165, 1.54) is 0 Å². The normalized spacial score (nSPS) is 19.9. The summed E-state index contributed by atoms with van der Waals surface area (Å²) in [7, 11) is 1.09. The van der Waals surface area contributed by atoms with Gasteiger partial charge in [0, 0.05) is 19.5 Å². The van der Waals surface area contributed by atoms with E-state index in [9.17, 15) is 31.5 Å². The lowest BCUT2D eigenvalue weighted by Gasteiger charge is -2.15. The van der Waals surface area contributed by atoms with Gasteiger partial charge in [-0.1, -0.05) is 6.07 Å². The van der Waals surface area contributed by atoms with Crippen LogP contribution < -0.4 is 10.6 Å². The highest BCUT2D eigenvalue weighted by Crippen LogP contribution is 2.34. The van der Waals surface area contributed by atoms with Crippen molar-refractivity contribution in [3.8, 4) is 0 Å². The van der Waals surface area contributed by atoms with E-state index in [4.69, 9.17) is 0 Å². The molecule has 0 bridgehead atoms. The summed E-state index contributed by atoms with van der Waals surface area (Å²) in [6.45, 7) is -0.114. The number of halogens is 5. The van der Waals surface area contributed by atoms with Gasteiger partial charge in [0.05, 0.1) is 11.4 Å². The quantitative estimate of drug-likeness (QED) is 0.625. The molecule has 0 radical (unpaired) electrons. The number of carbonyl (C=O) groups is 2. The van der Waals surface area contributed by atoms with Gasteiger partial charge in [-0.3, -0.25) is 14.3 Å². The minimum absolute atomic E-state index is 0.108. The number of aromatic nitrogens is 2. The Bertz CT molecular complexity index is 909. The molecular weight excluding hydrogens is 375 g/mol. The molecule has 0 spiro atoms. The third-order valence-corrected chi connectivity index (χ3v) is 4.24. The zero-order valence-corrected chi connectivity index (χ0v) is 13.8. The van der Waals surface area contributed by atoms with Crippen LogP contribution in [0.2, 0.25) is 0 Å². The number of nitrogens with one attached hydrogen (secondary N) is 2. The number of hydrogen-bond acceptors (Lipinski definition) is 3. The first-order valence-corrected chi connectivity index (χ1v) is 7.73. The molecular formula is C16H13F5N4O2. The van der Waals surface area contributed by atoms with Crippen LogP contribution in [0.1, 0.15) is 17.3 Å². The van der Waals surface area contributed by atoms with Crippen molar-refractivity contribution in [1.29, 1.82) is 0 Å². The van der Waals surface area contributed by atoms with E-state index < -0.39 is 52.8 Å². The molecule has 0 saturated carbocycles. The summed E-state index contributed by atoms with van der Waals surface area (Å²) < 4.78 is 66.4. The molecule has 0 unspecified atom stereocenters. The number of aryl methyl sites for hydroxylation is 1. The second-order valence-corrected chi connectivity index (χ2v) is 6.00. The SMILES string of the molecule is Cn1nc([C@H]2CNC(=O)[C@@H]2C(=O)Nc2cccc(F)c2F)cc1C(F)(F)F. The van der Waals surface area contributed by atoms with Crippen LogP contribution in [0.4, 0.5) is 27.6 Å². The Balaban J connectivity index is 1.88. The summed E-state index contributed by atoms with van der Waals surface area (Å²) >= 11 is 0. The van der Waals surface area contributed by atoms with Crippen LogP contribution in [0.15, 0.2) is 24.3 Å². The number of alkyl halides is 3. The predicted molar refractivity (Wildman–Crippen MR) is 82.4 cm³/mol. The van der Waals surface area contributed by atoms with Gasteiger partial charge in [-0.05, 0) is 18.2 Å². The van der Waals surface area contributed by atoms with E-state index in [1.807, 2.05) is 0 Å². The Morgan fingerprint density at radius 2 is 2.04 bits per heavy atom. The topological polar surface area (TPSA) is 76.0 Å². The van der Waals surface area contributed by atoms with E-state index in [0.29, 0.717) is 4.68 Å². The Labute approximate surface area is 149 Å². The van der Waals surface area contributed by atoms with Crippen molar-refractivity contribution >= 4 is 17.5 Å². The van der Waals surface area contributed by atoms with E-state index in [0.717, 1.165) is 31.3 Å². The summed E-state index contributed by atoms with van der Waals surface area (Å²) in [4.78, 5) is 24.5. The molecule has 2 aromatic rings. The summed E-state index contributed by atoms with van der Waals surface area (Å²) in [5.74, 6) is -6.65. The number of nitrogens with zero attached hydrogens (tertiary/aromatic N) is 2. The Kier molecular flexibility index (Phi) is 4.62. The number of benzene rings is 1. The molecule has 2 atom stereocenters. The number of rotatable bonds is 3. The number of carbonyl (C=O) groups excluding carboxylic acids is 2. The second kappa shape index (κ2) is 6.63. The molecule has 2 heterocycles. The standard InChI is InChI=1S/C16H13F5N4O2/c1-25-11(16(19,20)21)5-10(24-25)7-6-22-14(26)12(7)15(27)23-9-4-2-3-8(17)13(9)18/h2-5,7,12H,6H2,1H3,(H,22,26)(H,23,27)/t7-,12-/m1/s1. The van der Waals surface area contributed by atoms with E-state index >= 15 is 0 Å². The van der Waals surface area contributed by atoms with Crippen LogP contribution in [0.25, 0.3) is 0 Å². The third kappa shape index (κ3) is 3.49. The van der Waals surface area contributed by atoms with Gasteiger partial charge in [-0.25, -0.2) is 8.78 Å². The third-order valence-electron chi connectivity index (χ3n) is 4.24. The lowest BCUT2D eigenvalue weighted by Crippen LogP contribution is -2.32. The number of amides is 2. The summed E-state index contributed by atoms with van der Waals surface area (Å²) in [5.41, 5.74) is -1.62. The monoisotopic (exact) mass is 388 g/mol. The van der Waals surface area contributed by atoms with Crippen molar-refractivity contribution in [2.45, 2.75) is 12.1 Å². The molecule has 1 aliphatic rings. The van der Waals surface area contributed by atoms with Crippen LogP contribution in [-0.2, 0) is 22.8 Å². The highest BCUT2D eigenvalue weighted by molar-refractivity contribution is 6.08. The molecule has 27 heavy (non-hydrogen) atoms. The molecule has 1 aromatic heterocycles. The van der Waals surface area contributed by atoms with E-state index in [1.54, 1.807) is 0 Å². The maximum absolute atomic E-state index is 13.7. The van der Waals surface area contributed by atoms with Gasteiger partial charge in [0.1, 0.15) is 11.6 Å². The minimum Gasteiger partial charge on any atom is -0.355 e. The zero-order chi connectivity index (χ0) is 19.9. The predicted octanol–water partition coefficient (Wildman–Crippen LogP) is 2.19. The lowest BCUT2D eigenvalue weighted by molar-refractivity contribution is -0.143. The molecule has 2 N–H and O–H groups in total. The molecule has 1 saturated heterocycles. The summed E-state index contributed by atoms with van der Waals surface area (Å²) in [5, 5.41) is 8.24. The van der Waals surface area contributed by atoms with Crippen molar-refractivity contribution in [1.82, 2.24) is 15.1 Å². The lowest BCUT2D eigenvalue weighted by atomic mass is 9.91. The van der Waals surface area contributed by atoms with Crippen LogP contribution >= 0.6 is 0 Å². The van der Waals surface area contributed by atoms with Gasteiger partial charge in [0.2, 0.25) is 11.8 Å². The highest BCUT2D eigenvalue weighted by atomic mass is 19.4. The van der Waals surface area contributed by atoms with Gasteiger partial charge in [-0.2, -0.15) is 18.3 Å². The van der Waals surface area contributed by atoms with Crippen LogP contribution in [0, 0.1) is 17.6 Å². The van der Waals surface area contributed by atoms with Gasteiger partial charge < -0.3 is 10.6 Å². The van der Waals surface area contributed by atoms with E-state index in [-0.39, 0.29) is 12.2 Å². The molecule has 144 valence electrons. The van der Waals surface area contributed by atoms with Crippen molar-refractivity contribution in [2.24, 2.45) is 13.0 Å².